The van der Waals surface area contributed by atoms with Crippen LogP contribution in [0.2, 0.25) is 0 Å². The van der Waals surface area contributed by atoms with Crippen LogP contribution in [0, 0.1) is 23.2 Å². The Bertz CT molecular complexity index is 848. The van der Waals surface area contributed by atoms with Crippen molar-refractivity contribution in [3.05, 3.63) is 47.1 Å². The summed E-state index contributed by atoms with van der Waals surface area (Å²) in [5.74, 6) is 0.145. The molecular formula is C22H26N2O2. The minimum absolute atomic E-state index is 0.0860. The Morgan fingerprint density at radius 3 is 2.46 bits per heavy atom. The molecule has 0 aromatic rings. The zero-order valence-electron chi connectivity index (χ0n) is 15.9. The van der Waals surface area contributed by atoms with Crippen molar-refractivity contribution < 1.29 is 9.59 Å². The van der Waals surface area contributed by atoms with E-state index in [1.54, 1.807) is 0 Å². The fourth-order valence-corrected chi connectivity index (χ4v) is 6.09. The van der Waals surface area contributed by atoms with Crippen LogP contribution in [0.4, 0.5) is 0 Å². The number of carbonyl (C=O) groups excluding carboxylic acids is 2. The van der Waals surface area contributed by atoms with Gasteiger partial charge in [-0.15, -0.1) is 0 Å². The van der Waals surface area contributed by atoms with Gasteiger partial charge in [0.2, 0.25) is 11.8 Å². The van der Waals surface area contributed by atoms with Crippen molar-refractivity contribution in [1.29, 1.82) is 0 Å². The highest BCUT2D eigenvalue weighted by atomic mass is 16.2. The Morgan fingerprint density at radius 2 is 1.69 bits per heavy atom. The first kappa shape index (κ1) is 16.1. The molecule has 4 heteroatoms. The molecule has 4 nitrogen and oxygen atoms in total. The topological polar surface area (TPSA) is 40.6 Å². The highest BCUT2D eigenvalue weighted by molar-refractivity contribution is 5.88. The van der Waals surface area contributed by atoms with E-state index in [9.17, 15) is 9.59 Å². The van der Waals surface area contributed by atoms with Crippen LogP contribution in [0.3, 0.4) is 0 Å². The number of likely N-dealkylation sites (N-methyl/N-ethyl adjacent to an activating group) is 2. The lowest BCUT2D eigenvalue weighted by Gasteiger charge is -2.61. The van der Waals surface area contributed by atoms with Crippen LogP contribution in [0.25, 0.3) is 0 Å². The number of nitrogens with zero attached hydrogens (tertiary/aromatic N) is 2. The van der Waals surface area contributed by atoms with Gasteiger partial charge in [0.25, 0.3) is 0 Å². The number of carbonyl (C=O) groups is 2. The first-order valence-corrected chi connectivity index (χ1v) is 9.66. The number of allylic oxidation sites excluding steroid dienone is 2. The fraction of sp³-hybridized carbons (Fsp3) is 0.545. The van der Waals surface area contributed by atoms with E-state index in [1.807, 2.05) is 23.9 Å². The highest BCUT2D eigenvalue weighted by Crippen LogP contribution is 2.66. The zero-order valence-corrected chi connectivity index (χ0v) is 15.9. The van der Waals surface area contributed by atoms with Crippen LogP contribution in [0.15, 0.2) is 47.1 Å². The van der Waals surface area contributed by atoms with E-state index in [1.165, 1.54) is 16.7 Å². The first-order chi connectivity index (χ1) is 12.4. The molecule has 0 aromatic heterocycles. The Morgan fingerprint density at radius 1 is 1.00 bits per heavy atom. The highest BCUT2D eigenvalue weighted by Gasteiger charge is 2.63. The lowest BCUT2D eigenvalue weighted by atomic mass is 9.43. The van der Waals surface area contributed by atoms with Gasteiger partial charge >= 0.3 is 0 Å². The second-order valence-electron chi connectivity index (χ2n) is 8.82. The van der Waals surface area contributed by atoms with E-state index in [0.717, 1.165) is 12.8 Å². The molecule has 1 saturated carbocycles. The molecule has 4 heterocycles. The molecule has 3 aliphatic carbocycles. The van der Waals surface area contributed by atoms with Gasteiger partial charge in [0.15, 0.2) is 0 Å². The summed E-state index contributed by atoms with van der Waals surface area (Å²) in [6.45, 7) is 4.43. The number of hydrogen-bond acceptors (Lipinski definition) is 2. The normalized spacial score (nSPS) is 48.2. The third-order valence-corrected chi connectivity index (χ3v) is 7.68. The molecule has 6 atom stereocenters. The second-order valence-corrected chi connectivity index (χ2v) is 8.82. The number of fused-ring (bicyclic) bond motifs is 4. The minimum Gasteiger partial charge on any atom is -0.338 e. The summed E-state index contributed by atoms with van der Waals surface area (Å²) in [5.41, 5.74) is 3.78. The van der Waals surface area contributed by atoms with Crippen LogP contribution >= 0.6 is 0 Å². The van der Waals surface area contributed by atoms with Gasteiger partial charge in [0, 0.05) is 25.4 Å². The molecule has 6 unspecified atom stereocenters. The van der Waals surface area contributed by atoms with Crippen molar-refractivity contribution in [2.45, 2.75) is 38.8 Å². The third-order valence-electron chi connectivity index (χ3n) is 7.68. The van der Waals surface area contributed by atoms with Gasteiger partial charge in [-0.05, 0) is 30.9 Å². The van der Waals surface area contributed by atoms with Crippen LogP contribution in [-0.4, -0.2) is 47.8 Å². The molecule has 1 fully saturated rings. The second kappa shape index (κ2) is 4.99. The van der Waals surface area contributed by atoms with Crippen LogP contribution in [0.5, 0.6) is 0 Å². The lowest BCUT2D eigenvalue weighted by Crippen LogP contribution is -2.61. The molecular weight excluding hydrogens is 324 g/mol. The summed E-state index contributed by atoms with van der Waals surface area (Å²) in [5, 5.41) is 0. The Kier molecular flexibility index (Phi) is 3.09. The average Bonchev–Trinajstić information content (AvgIpc) is 2.59. The summed E-state index contributed by atoms with van der Waals surface area (Å²) in [6.07, 6.45) is 12.7. The van der Waals surface area contributed by atoms with Gasteiger partial charge in [0.1, 0.15) is 0 Å². The maximum atomic E-state index is 13.1. The van der Waals surface area contributed by atoms with Crippen molar-refractivity contribution in [3.8, 4) is 0 Å². The third kappa shape index (κ3) is 1.71. The van der Waals surface area contributed by atoms with Gasteiger partial charge in [-0.25, -0.2) is 0 Å². The van der Waals surface area contributed by atoms with Crippen LogP contribution < -0.4 is 0 Å². The van der Waals surface area contributed by atoms with Crippen molar-refractivity contribution >= 4 is 11.8 Å². The van der Waals surface area contributed by atoms with Crippen molar-refractivity contribution in [3.63, 3.8) is 0 Å². The molecule has 0 aromatic carbocycles. The molecule has 0 saturated heterocycles. The van der Waals surface area contributed by atoms with E-state index in [0.29, 0.717) is 0 Å². The molecule has 0 N–H and O–H groups in total. The lowest BCUT2D eigenvalue weighted by molar-refractivity contribution is -0.145. The first-order valence-electron chi connectivity index (χ1n) is 9.66. The van der Waals surface area contributed by atoms with Gasteiger partial charge in [-0.1, -0.05) is 42.9 Å². The smallest absolute Gasteiger partial charge is 0.230 e. The predicted octanol–water partition coefficient (Wildman–Crippen LogP) is 2.70. The Hall–Kier alpha value is -2.10. The van der Waals surface area contributed by atoms with Gasteiger partial charge in [-0.2, -0.15) is 0 Å². The maximum absolute atomic E-state index is 13.1. The van der Waals surface area contributed by atoms with E-state index < -0.39 is 0 Å². The van der Waals surface area contributed by atoms with Crippen molar-refractivity contribution in [1.82, 2.24) is 9.80 Å². The summed E-state index contributed by atoms with van der Waals surface area (Å²) in [6, 6.07) is 0.325. The molecule has 4 aliphatic heterocycles. The van der Waals surface area contributed by atoms with Crippen LogP contribution in [-0.2, 0) is 9.59 Å². The molecule has 7 aliphatic rings. The molecule has 7 rings (SSSR count). The Balaban J connectivity index is 1.72. The SMILES string of the molecule is C/C1=C2\C3=C\CC4C=CC(C(=O)N4C)C3(C)C2C2C=CC(C1)N(C)C2=O. The zero-order chi connectivity index (χ0) is 18.4. The quantitative estimate of drug-likeness (QED) is 0.630. The Labute approximate surface area is 154 Å². The monoisotopic (exact) mass is 350 g/mol. The predicted molar refractivity (Wildman–Crippen MR) is 100.0 cm³/mol. The number of rotatable bonds is 0. The van der Waals surface area contributed by atoms with E-state index in [4.69, 9.17) is 0 Å². The van der Waals surface area contributed by atoms with E-state index in [2.05, 4.69) is 44.2 Å². The van der Waals surface area contributed by atoms with Crippen molar-refractivity contribution in [2.24, 2.45) is 23.2 Å². The maximum Gasteiger partial charge on any atom is 0.230 e. The van der Waals surface area contributed by atoms with Gasteiger partial charge < -0.3 is 9.80 Å². The summed E-state index contributed by atoms with van der Waals surface area (Å²) >= 11 is 0. The summed E-state index contributed by atoms with van der Waals surface area (Å²) in [4.78, 5) is 30.0. The van der Waals surface area contributed by atoms with E-state index >= 15 is 0 Å². The van der Waals surface area contributed by atoms with Crippen molar-refractivity contribution in [2.75, 3.05) is 14.1 Å². The number of amides is 2. The minimum atomic E-state index is -0.306. The largest absolute Gasteiger partial charge is 0.338 e. The summed E-state index contributed by atoms with van der Waals surface area (Å²) < 4.78 is 0. The fourth-order valence-electron chi connectivity index (χ4n) is 6.09. The molecule has 2 amide bonds. The summed E-state index contributed by atoms with van der Waals surface area (Å²) in [7, 11) is 3.83. The molecule has 0 spiro atoms. The van der Waals surface area contributed by atoms with Crippen LogP contribution in [0.1, 0.15) is 26.7 Å². The number of hydrogen-bond donors (Lipinski definition) is 0. The molecule has 136 valence electrons. The van der Waals surface area contributed by atoms with E-state index in [-0.39, 0.29) is 47.1 Å². The molecule has 26 heavy (non-hydrogen) atoms. The van der Waals surface area contributed by atoms with Gasteiger partial charge in [0.05, 0.1) is 23.9 Å². The molecule has 0 radical (unpaired) electrons. The standard InChI is InChI=1S/C22H26N2O2/c1-12-11-14-5-8-15(20(25)24(14)4)19-18(12)16-9-6-13-7-10-17(22(16,19)2)21(26)23(13)3/h5,7-10,13-15,17,19H,6,11H2,1-4H3/b16-9-,18-12-. The molecule has 4 bridgehead atoms. The van der Waals surface area contributed by atoms with Gasteiger partial charge in [-0.3, -0.25) is 9.59 Å². The average molecular weight is 350 g/mol.